The van der Waals surface area contributed by atoms with Gasteiger partial charge in [-0.3, -0.25) is 29.0 Å². The number of amides is 2. The van der Waals surface area contributed by atoms with E-state index < -0.39 is 47.1 Å². The van der Waals surface area contributed by atoms with E-state index in [1.165, 1.54) is 45.5 Å². The van der Waals surface area contributed by atoms with Gasteiger partial charge in [0.15, 0.2) is 11.6 Å². The van der Waals surface area contributed by atoms with Gasteiger partial charge in [0.1, 0.15) is 60.2 Å². The van der Waals surface area contributed by atoms with Crippen LogP contribution in [0.3, 0.4) is 0 Å². The number of aliphatic hydroxyl groups is 2. The zero-order valence-electron chi connectivity index (χ0n) is 40.8. The monoisotopic (exact) mass is 1050 g/mol. The fraction of sp³-hybridized carbons (Fsp3) is 0.423. The van der Waals surface area contributed by atoms with Crippen LogP contribution in [0.15, 0.2) is 82.6 Å². The highest BCUT2D eigenvalue weighted by Crippen LogP contribution is 2.38. The molecule has 6 aliphatic rings. The van der Waals surface area contributed by atoms with Crippen LogP contribution in [-0.2, 0) is 45.0 Å². The Morgan fingerprint density at radius 1 is 0.592 bits per heavy atom. The van der Waals surface area contributed by atoms with Crippen molar-refractivity contribution in [1.82, 2.24) is 39.7 Å². The summed E-state index contributed by atoms with van der Waals surface area (Å²) in [6.45, 7) is 0.416. The molecule has 0 bridgehead atoms. The summed E-state index contributed by atoms with van der Waals surface area (Å²) in [5.41, 5.74) is 1.75. The van der Waals surface area contributed by atoms with E-state index in [1.807, 2.05) is 0 Å². The third-order valence-electron chi connectivity index (χ3n) is 14.6. The van der Waals surface area contributed by atoms with Crippen molar-refractivity contribution in [3.8, 4) is 11.5 Å². The van der Waals surface area contributed by atoms with Crippen LogP contribution in [0.4, 0.5) is 30.0 Å². The molecule has 0 radical (unpaired) electrons. The highest BCUT2D eigenvalue weighted by molar-refractivity contribution is 5.91. The Bertz CT molecular complexity index is 3180. The highest BCUT2D eigenvalue weighted by Gasteiger charge is 2.48. The second-order valence-electron chi connectivity index (χ2n) is 19.8. The molecule has 8 heterocycles. The predicted octanol–water partition coefficient (Wildman–Crippen LogP) is 2.66. The molecule has 4 aliphatic heterocycles. The lowest BCUT2D eigenvalue weighted by Crippen LogP contribution is -2.47. The Kier molecular flexibility index (Phi) is 14.0. The first-order valence-corrected chi connectivity index (χ1v) is 25.1. The number of anilines is 2. The summed E-state index contributed by atoms with van der Waals surface area (Å²) >= 11 is 0. The van der Waals surface area contributed by atoms with Gasteiger partial charge in [0.2, 0.25) is 0 Å². The lowest BCUT2D eigenvalue weighted by Gasteiger charge is -2.33. The lowest BCUT2D eigenvalue weighted by molar-refractivity contribution is -0.122. The smallest absolute Gasteiger partial charge is 0.416 e. The molecule has 2 aliphatic carbocycles. The molecule has 6 aromatic rings. The van der Waals surface area contributed by atoms with Crippen molar-refractivity contribution in [1.29, 1.82) is 0 Å². The van der Waals surface area contributed by atoms with E-state index in [-0.39, 0.29) is 100 Å². The zero-order chi connectivity index (χ0) is 52.8. The number of nitrogens with one attached hydrogen (secondary N) is 2. The summed E-state index contributed by atoms with van der Waals surface area (Å²) in [5.74, 6) is 0.873. The van der Waals surface area contributed by atoms with Crippen molar-refractivity contribution < 1.29 is 57.1 Å². The van der Waals surface area contributed by atoms with Crippen LogP contribution >= 0.6 is 0 Å². The van der Waals surface area contributed by atoms with Gasteiger partial charge in [0, 0.05) is 38.0 Å². The maximum atomic E-state index is 13.8. The Balaban J connectivity index is 0.000000162. The fourth-order valence-corrected chi connectivity index (χ4v) is 10.9. The highest BCUT2D eigenvalue weighted by atomic mass is 19.1. The van der Waals surface area contributed by atoms with Crippen LogP contribution in [0.25, 0.3) is 22.1 Å². The number of ketones is 2. The number of pyridine rings is 2. The maximum Gasteiger partial charge on any atom is 0.416 e. The summed E-state index contributed by atoms with van der Waals surface area (Å²) in [5, 5.41) is 27.9. The predicted molar refractivity (Wildman–Crippen MR) is 265 cm³/mol. The van der Waals surface area contributed by atoms with Gasteiger partial charge in [-0.15, -0.1) is 0 Å². The van der Waals surface area contributed by atoms with Crippen molar-refractivity contribution in [3.63, 3.8) is 0 Å². The van der Waals surface area contributed by atoms with E-state index in [9.17, 15) is 47.8 Å². The molecule has 0 unspecified atom stereocenters. The molecule has 2 saturated carbocycles. The van der Waals surface area contributed by atoms with Gasteiger partial charge in [0.05, 0.1) is 96.1 Å². The summed E-state index contributed by atoms with van der Waals surface area (Å²) in [4.78, 5) is 93.9. The van der Waals surface area contributed by atoms with Gasteiger partial charge < -0.3 is 48.9 Å². The normalized spacial score (nSPS) is 23.5. The van der Waals surface area contributed by atoms with E-state index >= 15 is 0 Å². The molecule has 12 rings (SSSR count). The fourth-order valence-electron chi connectivity index (χ4n) is 10.9. The molecule has 2 amide bonds. The van der Waals surface area contributed by atoms with Gasteiger partial charge >= 0.3 is 12.2 Å². The first-order valence-electron chi connectivity index (χ1n) is 25.1. The molecule has 396 valence electrons. The number of ether oxygens (including phenoxy) is 4. The molecule has 4 aromatic heterocycles. The van der Waals surface area contributed by atoms with Crippen molar-refractivity contribution in [2.24, 2.45) is 0 Å². The zero-order valence-corrected chi connectivity index (χ0v) is 40.8. The molecule has 0 spiro atoms. The van der Waals surface area contributed by atoms with E-state index in [2.05, 4.69) is 30.6 Å². The molecule has 24 heteroatoms. The molecule has 4 N–H and O–H groups in total. The average Bonchev–Trinajstić information content (AvgIpc) is 3.92. The van der Waals surface area contributed by atoms with Crippen molar-refractivity contribution in [2.75, 3.05) is 36.1 Å². The van der Waals surface area contributed by atoms with Crippen molar-refractivity contribution >= 4 is 57.5 Å². The molecule has 76 heavy (non-hydrogen) atoms. The summed E-state index contributed by atoms with van der Waals surface area (Å²) in [7, 11) is 0. The minimum atomic E-state index is -0.911. The first-order chi connectivity index (χ1) is 36.7. The van der Waals surface area contributed by atoms with Gasteiger partial charge in [-0.05, 0) is 86.3 Å². The van der Waals surface area contributed by atoms with Gasteiger partial charge in [-0.2, -0.15) is 0 Å². The number of halogens is 2. The number of Topliss-reactive ketones (excluding diaryl/α,β-unsaturated/α-hetero) is 2. The van der Waals surface area contributed by atoms with E-state index in [4.69, 9.17) is 18.9 Å². The number of nitrogens with zero attached hydrogens (tertiary/aromatic N) is 8. The molecule has 22 nitrogen and oxygen atoms in total. The summed E-state index contributed by atoms with van der Waals surface area (Å²) in [6.07, 6.45) is 3.06. The number of carbonyl (C=O) groups excluding carboxylic acids is 4. The SMILES string of the molecule is O=C1COc2ccc(N3C(=O)O[C@H]4C[C@@H](NC[C@@H](O)Cn5c(=O)cnc6ccc(F)cc65)CC[C@@H]43)nc2C1.O=C1COc2ccc(N3C(=O)O[C@H]4C[C@@H](NC[C@H](O)Cn5c(=O)cnc6ccc(F)cc65)CC[C@@H]43)nc2C1. The number of aromatic nitrogens is 6. The van der Waals surface area contributed by atoms with Crippen LogP contribution in [0.5, 0.6) is 11.5 Å². The minimum absolute atomic E-state index is 0.00971. The molecule has 8 atom stereocenters. The van der Waals surface area contributed by atoms with E-state index in [0.29, 0.717) is 82.3 Å². The largest absolute Gasteiger partial charge is 0.484 e. The molecule has 2 saturated heterocycles. The van der Waals surface area contributed by atoms with Crippen LogP contribution in [0.1, 0.15) is 49.9 Å². The second-order valence-corrected chi connectivity index (χ2v) is 19.8. The Labute approximate surface area is 430 Å². The molecule has 4 fully saturated rings. The van der Waals surface area contributed by atoms with Crippen molar-refractivity contribution in [2.45, 2.75) is 113 Å². The third-order valence-corrected chi connectivity index (χ3v) is 14.6. The maximum absolute atomic E-state index is 13.8. The van der Waals surface area contributed by atoms with E-state index in [1.54, 1.807) is 34.1 Å². The number of carbonyl (C=O) groups is 4. The number of rotatable bonds is 12. The number of aliphatic hydroxyl groups excluding tert-OH is 2. The van der Waals surface area contributed by atoms with Crippen LogP contribution < -0.4 is 41.0 Å². The average molecular weight is 1050 g/mol. The Morgan fingerprint density at radius 2 is 1.03 bits per heavy atom. The first kappa shape index (κ1) is 50.4. The second kappa shape index (κ2) is 21.1. The molecular formula is C52H52F2N10O12. The van der Waals surface area contributed by atoms with Crippen molar-refractivity contribution in [3.05, 3.63) is 117 Å². The Morgan fingerprint density at radius 3 is 1.46 bits per heavy atom. The van der Waals surface area contributed by atoms with Gasteiger partial charge in [-0.1, -0.05) is 0 Å². The number of fused-ring (bicyclic) bond motifs is 6. The quantitative estimate of drug-likeness (QED) is 0.137. The minimum Gasteiger partial charge on any atom is -0.484 e. The third kappa shape index (κ3) is 10.4. The summed E-state index contributed by atoms with van der Waals surface area (Å²) < 4.78 is 52.3. The van der Waals surface area contributed by atoms with E-state index in [0.717, 1.165) is 25.2 Å². The number of benzene rings is 2. The standard InChI is InChI=1S/2C26H26FN5O6/c2*27-14-1-3-18-21(7-14)31(25(35)11-29-18)12-17(34)10-28-15-2-4-20-23(8-15)38-26(36)32(20)24-6-5-22-19(30-24)9-16(33)13-37-22/h2*1,3,5-7,11,15,17,20,23,28,34H,2,4,8-10,12-13H2/t15-,17+,20-,23-;15-,17-,20-,23-/m00/s1. The van der Waals surface area contributed by atoms with Gasteiger partial charge in [0.25, 0.3) is 11.1 Å². The van der Waals surface area contributed by atoms with Gasteiger partial charge in [-0.25, -0.2) is 38.3 Å². The van der Waals surface area contributed by atoms with Crippen LogP contribution in [-0.4, -0.2) is 138 Å². The Hall–Kier alpha value is -7.80. The number of hydrogen-bond donors (Lipinski definition) is 4. The lowest BCUT2D eigenvalue weighted by atomic mass is 9.88. The number of hydrogen-bond acceptors (Lipinski definition) is 18. The topological polar surface area (TPSA) is 272 Å². The van der Waals surface area contributed by atoms with Crippen LogP contribution in [0.2, 0.25) is 0 Å². The van der Waals surface area contributed by atoms with Crippen LogP contribution in [0, 0.1) is 11.6 Å². The molecular weight excluding hydrogens is 995 g/mol. The molecule has 2 aromatic carbocycles. The summed E-state index contributed by atoms with van der Waals surface area (Å²) in [6, 6.07) is 14.4.